The maximum absolute atomic E-state index is 13.5. The number of carbonyl (C=O) groups is 1. The van der Waals surface area contributed by atoms with E-state index in [-0.39, 0.29) is 11.8 Å². The molecule has 0 radical (unpaired) electrons. The van der Waals surface area contributed by atoms with Crippen LogP contribution in [0.15, 0.2) is 60.8 Å². The van der Waals surface area contributed by atoms with Gasteiger partial charge in [-0.2, -0.15) is 5.10 Å². The number of hydrogen-bond acceptors (Lipinski definition) is 4. The highest BCUT2D eigenvalue weighted by Gasteiger charge is 2.31. The van der Waals surface area contributed by atoms with Crippen LogP contribution in [0.4, 0.5) is 0 Å². The Morgan fingerprint density at radius 2 is 2.00 bits per heavy atom. The fourth-order valence-electron chi connectivity index (χ4n) is 5.29. The number of pyridine rings is 2. The highest BCUT2D eigenvalue weighted by Crippen LogP contribution is 2.29. The maximum atomic E-state index is 13.5. The number of aryl methyl sites for hydroxylation is 3. The lowest BCUT2D eigenvalue weighted by molar-refractivity contribution is -0.132. The summed E-state index contributed by atoms with van der Waals surface area (Å²) in [4.78, 5) is 24.7. The van der Waals surface area contributed by atoms with Crippen molar-refractivity contribution in [3.63, 3.8) is 0 Å². The standard InChI is InChI=1S/C29H33N5O/c1-4-27(24-7-5-9-26(18-24)34-21(3)17-20(2)32-34)29(35)33-16-14-22(19-33)10-12-25-13-11-23-8-6-15-30-28(23)31-25/h5-9,11,13,15,17-18,22,27H,4,10,12,14,16,19H2,1-3H3. The van der Waals surface area contributed by atoms with Gasteiger partial charge >= 0.3 is 0 Å². The molecule has 2 unspecified atom stereocenters. The zero-order chi connectivity index (χ0) is 24.4. The quantitative estimate of drug-likeness (QED) is 0.365. The van der Waals surface area contributed by atoms with Crippen LogP contribution in [0.3, 0.4) is 0 Å². The molecule has 0 bridgehead atoms. The Labute approximate surface area is 207 Å². The lowest BCUT2D eigenvalue weighted by Gasteiger charge is -2.23. The van der Waals surface area contributed by atoms with Gasteiger partial charge < -0.3 is 4.90 Å². The Kier molecular flexibility index (Phi) is 6.62. The minimum atomic E-state index is -0.126. The molecule has 1 saturated heterocycles. The average Bonchev–Trinajstić information content (AvgIpc) is 3.49. The van der Waals surface area contributed by atoms with Crippen LogP contribution in [-0.2, 0) is 11.2 Å². The van der Waals surface area contributed by atoms with Crippen molar-refractivity contribution in [2.75, 3.05) is 13.1 Å². The van der Waals surface area contributed by atoms with E-state index < -0.39 is 0 Å². The molecule has 0 N–H and O–H groups in total. The van der Waals surface area contributed by atoms with Crippen molar-refractivity contribution in [1.29, 1.82) is 0 Å². The van der Waals surface area contributed by atoms with E-state index in [0.717, 1.165) is 78.1 Å². The number of rotatable bonds is 7. The summed E-state index contributed by atoms with van der Waals surface area (Å²) in [6, 6.07) is 18.5. The number of likely N-dealkylation sites (tertiary alicyclic amines) is 1. The molecule has 0 saturated carbocycles. The molecule has 1 aliphatic heterocycles. The molecular formula is C29H33N5O. The van der Waals surface area contributed by atoms with Crippen LogP contribution in [0.2, 0.25) is 0 Å². The number of amides is 1. The molecule has 2 atom stereocenters. The molecule has 0 spiro atoms. The summed E-state index contributed by atoms with van der Waals surface area (Å²) < 4.78 is 1.96. The van der Waals surface area contributed by atoms with Gasteiger partial charge in [0.1, 0.15) is 0 Å². The van der Waals surface area contributed by atoms with Gasteiger partial charge in [-0.25, -0.2) is 14.6 Å². The summed E-state index contributed by atoms with van der Waals surface area (Å²) in [5.41, 5.74) is 6.05. The van der Waals surface area contributed by atoms with Gasteiger partial charge in [0, 0.05) is 36.1 Å². The molecule has 6 nitrogen and oxygen atoms in total. The Bertz CT molecular complexity index is 1340. The van der Waals surface area contributed by atoms with Gasteiger partial charge in [0.05, 0.1) is 17.3 Å². The third-order valence-corrected chi connectivity index (χ3v) is 7.16. The number of fused-ring (bicyclic) bond motifs is 1. The van der Waals surface area contributed by atoms with Crippen LogP contribution in [0, 0.1) is 19.8 Å². The van der Waals surface area contributed by atoms with Crippen LogP contribution in [0.5, 0.6) is 0 Å². The first-order valence-corrected chi connectivity index (χ1v) is 12.6. The van der Waals surface area contributed by atoms with Gasteiger partial charge in [0.15, 0.2) is 5.65 Å². The smallest absolute Gasteiger partial charge is 0.230 e. The zero-order valence-electron chi connectivity index (χ0n) is 20.8. The Hall–Kier alpha value is -3.54. The van der Waals surface area contributed by atoms with Crippen LogP contribution < -0.4 is 0 Å². The topological polar surface area (TPSA) is 63.9 Å². The third kappa shape index (κ3) is 4.97. The monoisotopic (exact) mass is 467 g/mol. The molecule has 180 valence electrons. The first-order valence-electron chi connectivity index (χ1n) is 12.6. The number of hydrogen-bond donors (Lipinski definition) is 0. The number of aromatic nitrogens is 4. The summed E-state index contributed by atoms with van der Waals surface area (Å²) in [5, 5.41) is 5.68. The lowest BCUT2D eigenvalue weighted by Crippen LogP contribution is -2.33. The minimum absolute atomic E-state index is 0.126. The van der Waals surface area contributed by atoms with Gasteiger partial charge in [-0.05, 0) is 93.5 Å². The van der Waals surface area contributed by atoms with Crippen molar-refractivity contribution in [1.82, 2.24) is 24.6 Å². The Morgan fingerprint density at radius 3 is 2.80 bits per heavy atom. The van der Waals surface area contributed by atoms with Crippen molar-refractivity contribution in [2.45, 2.75) is 52.4 Å². The van der Waals surface area contributed by atoms with Gasteiger partial charge in [-0.3, -0.25) is 4.79 Å². The fourth-order valence-corrected chi connectivity index (χ4v) is 5.29. The first kappa shape index (κ1) is 23.2. The van der Waals surface area contributed by atoms with E-state index >= 15 is 0 Å². The van der Waals surface area contributed by atoms with E-state index in [1.54, 1.807) is 6.20 Å². The van der Waals surface area contributed by atoms with Crippen molar-refractivity contribution in [3.8, 4) is 5.69 Å². The molecule has 35 heavy (non-hydrogen) atoms. The van der Waals surface area contributed by atoms with Crippen LogP contribution in [-0.4, -0.2) is 43.6 Å². The Morgan fingerprint density at radius 1 is 1.11 bits per heavy atom. The van der Waals surface area contributed by atoms with Crippen molar-refractivity contribution in [2.24, 2.45) is 5.92 Å². The summed E-state index contributed by atoms with van der Waals surface area (Å²) >= 11 is 0. The van der Waals surface area contributed by atoms with Crippen LogP contribution in [0.1, 0.15) is 54.7 Å². The molecule has 1 fully saturated rings. The molecule has 0 aliphatic carbocycles. The van der Waals surface area contributed by atoms with E-state index in [0.29, 0.717) is 5.92 Å². The molecule has 4 aromatic rings. The van der Waals surface area contributed by atoms with Crippen molar-refractivity contribution in [3.05, 3.63) is 83.4 Å². The second-order valence-corrected chi connectivity index (χ2v) is 9.73. The van der Waals surface area contributed by atoms with Gasteiger partial charge in [0.25, 0.3) is 0 Å². The van der Waals surface area contributed by atoms with Crippen molar-refractivity contribution >= 4 is 16.9 Å². The minimum Gasteiger partial charge on any atom is -0.342 e. The third-order valence-electron chi connectivity index (χ3n) is 7.16. The van der Waals surface area contributed by atoms with Gasteiger partial charge in [-0.15, -0.1) is 0 Å². The summed E-state index contributed by atoms with van der Waals surface area (Å²) in [6.07, 6.45) is 5.59. The largest absolute Gasteiger partial charge is 0.342 e. The molecule has 1 aliphatic rings. The maximum Gasteiger partial charge on any atom is 0.230 e. The normalized spacial score (nSPS) is 16.7. The number of nitrogens with zero attached hydrogens (tertiary/aromatic N) is 5. The zero-order valence-corrected chi connectivity index (χ0v) is 20.8. The van der Waals surface area contributed by atoms with E-state index in [1.165, 1.54) is 0 Å². The molecule has 1 amide bonds. The number of benzene rings is 1. The predicted octanol–water partition coefficient (Wildman–Crippen LogP) is 5.41. The SMILES string of the molecule is CCC(C(=O)N1CCC(CCc2ccc3cccnc3n2)C1)c1cccc(-n2nc(C)cc2C)c1. The van der Waals surface area contributed by atoms with Crippen molar-refractivity contribution < 1.29 is 4.79 Å². The van der Waals surface area contributed by atoms with E-state index in [9.17, 15) is 4.79 Å². The van der Waals surface area contributed by atoms with E-state index in [1.807, 2.05) is 29.8 Å². The van der Waals surface area contributed by atoms with Crippen LogP contribution in [0.25, 0.3) is 16.7 Å². The first-order chi connectivity index (χ1) is 17.0. The second-order valence-electron chi connectivity index (χ2n) is 9.73. The fraction of sp³-hybridized carbons (Fsp3) is 0.379. The van der Waals surface area contributed by atoms with E-state index in [2.05, 4.69) is 65.2 Å². The van der Waals surface area contributed by atoms with E-state index in [4.69, 9.17) is 4.98 Å². The van der Waals surface area contributed by atoms with Gasteiger partial charge in [0.2, 0.25) is 5.91 Å². The average molecular weight is 468 g/mol. The molecule has 5 rings (SSSR count). The second kappa shape index (κ2) is 9.98. The molecule has 4 heterocycles. The van der Waals surface area contributed by atoms with Gasteiger partial charge in [-0.1, -0.05) is 19.1 Å². The highest BCUT2D eigenvalue weighted by molar-refractivity contribution is 5.84. The molecule has 3 aromatic heterocycles. The highest BCUT2D eigenvalue weighted by atomic mass is 16.2. The lowest BCUT2D eigenvalue weighted by atomic mass is 9.94. The number of carbonyl (C=O) groups excluding carboxylic acids is 1. The molecule has 6 heteroatoms. The summed E-state index contributed by atoms with van der Waals surface area (Å²) in [6.45, 7) is 7.83. The molecular weight excluding hydrogens is 434 g/mol. The predicted molar refractivity (Wildman–Crippen MR) is 139 cm³/mol. The van der Waals surface area contributed by atoms with Crippen LogP contribution >= 0.6 is 0 Å². The molecule has 1 aromatic carbocycles. The summed E-state index contributed by atoms with van der Waals surface area (Å²) in [5.74, 6) is 0.631. The Balaban J connectivity index is 1.23. The summed E-state index contributed by atoms with van der Waals surface area (Å²) in [7, 11) is 0.